The van der Waals surface area contributed by atoms with E-state index in [2.05, 4.69) is 65.6 Å². The van der Waals surface area contributed by atoms with E-state index in [1.807, 2.05) is 56.3 Å². The van der Waals surface area contributed by atoms with Gasteiger partial charge in [0.2, 0.25) is 5.88 Å². The minimum atomic E-state index is -0.0371. The van der Waals surface area contributed by atoms with Crippen molar-refractivity contribution in [2.75, 3.05) is 0 Å². The fourth-order valence-corrected chi connectivity index (χ4v) is 5.06. The van der Waals surface area contributed by atoms with Gasteiger partial charge in [-0.3, -0.25) is 0 Å². The summed E-state index contributed by atoms with van der Waals surface area (Å²) in [5.74, 6) is 1.96. The van der Waals surface area contributed by atoms with Gasteiger partial charge in [-0.1, -0.05) is 56.6 Å². The molecule has 0 spiro atoms. The van der Waals surface area contributed by atoms with E-state index in [0.29, 0.717) is 17.1 Å². The quantitative estimate of drug-likeness (QED) is 0.193. The van der Waals surface area contributed by atoms with Crippen LogP contribution in [-0.2, 0) is 26.5 Å². The van der Waals surface area contributed by atoms with Gasteiger partial charge in [0.1, 0.15) is 17.1 Å². The first-order valence-corrected chi connectivity index (χ1v) is 12.4. The standard InChI is InChI=1S/C32H28N3O2.Pt/c1-19-12-14-22-20(2)17-28(34-30(22)31(19)36)37-21-13-15-23-26(18-21)35(27-11-6-7-16-33-27)25-10-8-9-24(29(23)25)32(3,4)5;/h6-17,36H,1-5H3;/q-1;. The second-order valence-electron chi connectivity index (χ2n) is 10.6. The second kappa shape index (κ2) is 9.56. The topological polar surface area (TPSA) is 60.2 Å². The summed E-state index contributed by atoms with van der Waals surface area (Å²) < 4.78 is 8.38. The van der Waals surface area contributed by atoms with E-state index in [1.165, 1.54) is 10.9 Å². The molecule has 0 radical (unpaired) electrons. The normalized spacial score (nSPS) is 11.7. The summed E-state index contributed by atoms with van der Waals surface area (Å²) >= 11 is 0. The molecule has 6 heteroatoms. The van der Waals surface area contributed by atoms with E-state index in [0.717, 1.165) is 38.8 Å². The van der Waals surface area contributed by atoms with Gasteiger partial charge in [-0.2, -0.15) is 6.07 Å². The number of rotatable bonds is 3. The van der Waals surface area contributed by atoms with E-state index in [-0.39, 0.29) is 32.2 Å². The van der Waals surface area contributed by atoms with Gasteiger partial charge in [0, 0.05) is 50.0 Å². The van der Waals surface area contributed by atoms with Crippen LogP contribution in [0.25, 0.3) is 38.5 Å². The molecule has 0 amide bonds. The van der Waals surface area contributed by atoms with Gasteiger partial charge in [0.25, 0.3) is 0 Å². The smallest absolute Gasteiger partial charge is 0.217 e. The molecule has 3 aromatic carbocycles. The Morgan fingerprint density at radius 1 is 0.895 bits per heavy atom. The van der Waals surface area contributed by atoms with Gasteiger partial charge in [-0.15, -0.1) is 17.5 Å². The molecule has 0 aliphatic heterocycles. The summed E-state index contributed by atoms with van der Waals surface area (Å²) in [6.45, 7) is 10.6. The molecule has 3 aromatic heterocycles. The maximum Gasteiger partial charge on any atom is 0.217 e. The van der Waals surface area contributed by atoms with Crippen LogP contribution in [0.4, 0.5) is 0 Å². The number of aromatic nitrogens is 3. The molecule has 5 nitrogen and oxygen atoms in total. The summed E-state index contributed by atoms with van der Waals surface area (Å²) in [5.41, 5.74) is 5.49. The van der Waals surface area contributed by atoms with Crippen molar-refractivity contribution in [1.82, 2.24) is 14.5 Å². The Bertz CT molecular complexity index is 1820. The van der Waals surface area contributed by atoms with Crippen molar-refractivity contribution in [3.05, 3.63) is 95.7 Å². The van der Waals surface area contributed by atoms with Gasteiger partial charge in [0.05, 0.1) is 0 Å². The largest absolute Gasteiger partial charge is 0.505 e. The van der Waals surface area contributed by atoms with E-state index in [4.69, 9.17) is 4.74 Å². The summed E-state index contributed by atoms with van der Waals surface area (Å²) in [6, 6.07) is 25.6. The van der Waals surface area contributed by atoms with Gasteiger partial charge in [0.15, 0.2) is 0 Å². The minimum absolute atomic E-state index is 0. The molecule has 1 N–H and O–H groups in total. The van der Waals surface area contributed by atoms with Crippen molar-refractivity contribution in [2.24, 2.45) is 0 Å². The van der Waals surface area contributed by atoms with Crippen molar-refractivity contribution < 1.29 is 30.9 Å². The van der Waals surface area contributed by atoms with Crippen molar-refractivity contribution >= 4 is 32.7 Å². The van der Waals surface area contributed by atoms with Crippen LogP contribution in [0.2, 0.25) is 0 Å². The molecule has 0 unspecified atom stereocenters. The molecule has 6 rings (SSSR count). The number of hydrogen-bond acceptors (Lipinski definition) is 4. The Kier molecular flexibility index (Phi) is 6.52. The number of ether oxygens (including phenoxy) is 1. The Morgan fingerprint density at radius 3 is 2.42 bits per heavy atom. The number of hydrogen-bond donors (Lipinski definition) is 1. The predicted octanol–water partition coefficient (Wildman–Crippen LogP) is 7.94. The van der Waals surface area contributed by atoms with Crippen molar-refractivity contribution in [1.29, 1.82) is 0 Å². The molecule has 38 heavy (non-hydrogen) atoms. The Hall–Kier alpha value is -3.69. The molecular weight excluding hydrogens is 653 g/mol. The van der Waals surface area contributed by atoms with E-state index in [1.54, 1.807) is 6.20 Å². The third kappa shape index (κ3) is 4.25. The van der Waals surface area contributed by atoms with Crippen LogP contribution >= 0.6 is 0 Å². The van der Waals surface area contributed by atoms with Gasteiger partial charge >= 0.3 is 0 Å². The van der Waals surface area contributed by atoms with E-state index < -0.39 is 0 Å². The first-order chi connectivity index (χ1) is 17.7. The zero-order valence-corrected chi connectivity index (χ0v) is 24.2. The minimum Gasteiger partial charge on any atom is -0.505 e. The zero-order valence-electron chi connectivity index (χ0n) is 21.9. The van der Waals surface area contributed by atoms with Crippen molar-refractivity contribution in [3.63, 3.8) is 0 Å². The van der Waals surface area contributed by atoms with Crippen molar-refractivity contribution in [2.45, 2.75) is 40.0 Å². The van der Waals surface area contributed by atoms with Crippen molar-refractivity contribution in [3.8, 4) is 23.2 Å². The second-order valence-corrected chi connectivity index (χ2v) is 10.6. The number of phenols is 1. The van der Waals surface area contributed by atoms with E-state index >= 15 is 0 Å². The molecular formula is C32H28N3O2Pt-. The Morgan fingerprint density at radius 2 is 1.68 bits per heavy atom. The number of pyridine rings is 2. The average molecular weight is 682 g/mol. The fraction of sp³-hybridized carbons (Fsp3) is 0.188. The first-order valence-electron chi connectivity index (χ1n) is 12.4. The zero-order chi connectivity index (χ0) is 25.9. The molecule has 0 aliphatic carbocycles. The number of benzene rings is 3. The third-order valence-electron chi connectivity index (χ3n) is 6.92. The monoisotopic (exact) mass is 681 g/mol. The molecule has 0 aliphatic rings. The van der Waals surface area contributed by atoms with Crippen LogP contribution in [0.15, 0.2) is 72.9 Å². The maximum absolute atomic E-state index is 10.6. The SMILES string of the molecule is Cc1ccc2c(C)cc(Oc3[c-]c4c(cc3)c3c(C(C)(C)C)cccc3n4-c3ccccn3)nc2c1O.[Pt]. The van der Waals surface area contributed by atoms with Crippen LogP contribution in [0, 0.1) is 19.9 Å². The van der Waals surface area contributed by atoms with Crippen LogP contribution < -0.4 is 4.74 Å². The molecule has 0 saturated heterocycles. The van der Waals surface area contributed by atoms with Crippen LogP contribution in [-0.4, -0.2) is 19.6 Å². The molecule has 0 fully saturated rings. The first kappa shape index (κ1) is 25.9. The molecule has 0 bridgehead atoms. The average Bonchev–Trinajstić information content (AvgIpc) is 3.20. The number of nitrogens with zero attached hydrogens (tertiary/aromatic N) is 3. The van der Waals surface area contributed by atoms with Crippen LogP contribution in [0.3, 0.4) is 0 Å². The van der Waals surface area contributed by atoms with Gasteiger partial charge < -0.3 is 14.4 Å². The molecule has 0 atom stereocenters. The summed E-state index contributed by atoms with van der Waals surface area (Å²) in [4.78, 5) is 9.28. The number of aryl methyl sites for hydroxylation is 2. The van der Waals surface area contributed by atoms with Crippen LogP contribution in [0.1, 0.15) is 37.5 Å². The van der Waals surface area contributed by atoms with Gasteiger partial charge in [-0.25, -0.2) is 9.97 Å². The predicted molar refractivity (Wildman–Crippen MR) is 149 cm³/mol. The summed E-state index contributed by atoms with van der Waals surface area (Å²) in [6.07, 6.45) is 1.80. The molecule has 0 saturated carbocycles. The Balaban J connectivity index is 0.00000294. The number of aromatic hydroxyl groups is 1. The van der Waals surface area contributed by atoms with Gasteiger partial charge in [-0.05, 0) is 59.5 Å². The Labute approximate surface area is 236 Å². The number of phenolic OH excluding ortho intramolecular Hbond substituents is 1. The van der Waals surface area contributed by atoms with Crippen LogP contribution in [0.5, 0.6) is 17.4 Å². The summed E-state index contributed by atoms with van der Waals surface area (Å²) in [7, 11) is 0. The fourth-order valence-electron chi connectivity index (χ4n) is 5.06. The number of fused-ring (bicyclic) bond motifs is 4. The molecule has 3 heterocycles. The van der Waals surface area contributed by atoms with E-state index in [9.17, 15) is 5.11 Å². The molecule has 194 valence electrons. The third-order valence-corrected chi connectivity index (χ3v) is 6.92. The summed E-state index contributed by atoms with van der Waals surface area (Å²) in [5, 5.41) is 13.8. The maximum atomic E-state index is 10.6. The molecule has 6 aromatic rings.